The standard InChI is InChI=1S/C24H26N2O5S/c1-16-8-10-20(11-9-16)32(28,29)22-14-19(30-3)13-21(24(22)31-4)25-15-23(27)26-18-7-5-6-17(2)12-18/h5-14,25H,15H2,1-4H3,(H,26,27). The third-order valence-corrected chi connectivity index (χ3v) is 6.61. The van der Waals surface area contributed by atoms with Crippen LogP contribution in [0.15, 0.2) is 70.5 Å². The van der Waals surface area contributed by atoms with Crippen molar-refractivity contribution in [2.75, 3.05) is 31.4 Å². The van der Waals surface area contributed by atoms with Crippen molar-refractivity contribution in [2.24, 2.45) is 0 Å². The van der Waals surface area contributed by atoms with Crippen LogP contribution in [-0.4, -0.2) is 35.1 Å². The second-order valence-electron chi connectivity index (χ2n) is 7.29. The van der Waals surface area contributed by atoms with E-state index >= 15 is 0 Å². The molecule has 0 aromatic heterocycles. The minimum atomic E-state index is -3.89. The smallest absolute Gasteiger partial charge is 0.243 e. The summed E-state index contributed by atoms with van der Waals surface area (Å²) in [5.74, 6) is 0.135. The Morgan fingerprint density at radius 1 is 0.906 bits per heavy atom. The molecule has 1 amide bonds. The van der Waals surface area contributed by atoms with E-state index < -0.39 is 9.84 Å². The number of sulfone groups is 1. The van der Waals surface area contributed by atoms with Crippen LogP contribution < -0.4 is 20.1 Å². The van der Waals surface area contributed by atoms with E-state index in [-0.39, 0.29) is 28.0 Å². The molecule has 0 aliphatic rings. The molecular weight excluding hydrogens is 428 g/mol. The monoisotopic (exact) mass is 454 g/mol. The fraction of sp³-hybridized carbons (Fsp3) is 0.208. The van der Waals surface area contributed by atoms with Crippen LogP contribution in [0.25, 0.3) is 0 Å². The lowest BCUT2D eigenvalue weighted by atomic mass is 10.2. The number of rotatable bonds is 8. The molecule has 0 saturated heterocycles. The van der Waals surface area contributed by atoms with E-state index in [0.29, 0.717) is 17.1 Å². The van der Waals surface area contributed by atoms with Gasteiger partial charge in [-0.25, -0.2) is 8.42 Å². The van der Waals surface area contributed by atoms with Crippen LogP contribution in [-0.2, 0) is 14.6 Å². The summed E-state index contributed by atoms with van der Waals surface area (Å²) in [5.41, 5.74) is 2.98. The predicted octanol–water partition coefficient (Wildman–Crippen LogP) is 4.20. The Bertz CT molecular complexity index is 1220. The Labute approximate surface area is 188 Å². The van der Waals surface area contributed by atoms with Gasteiger partial charge in [-0.3, -0.25) is 4.79 Å². The maximum atomic E-state index is 13.3. The van der Waals surface area contributed by atoms with E-state index in [1.807, 2.05) is 32.0 Å². The van der Waals surface area contributed by atoms with Crippen molar-refractivity contribution < 1.29 is 22.7 Å². The number of methoxy groups -OCH3 is 2. The molecule has 3 rings (SSSR count). The van der Waals surface area contributed by atoms with E-state index in [1.165, 1.54) is 20.3 Å². The summed E-state index contributed by atoms with van der Waals surface area (Å²) in [4.78, 5) is 12.5. The molecule has 2 N–H and O–H groups in total. The lowest BCUT2D eigenvalue weighted by Gasteiger charge is -2.17. The number of amides is 1. The van der Waals surface area contributed by atoms with Crippen molar-refractivity contribution in [3.8, 4) is 11.5 Å². The number of carbonyl (C=O) groups excluding carboxylic acids is 1. The van der Waals surface area contributed by atoms with Crippen LogP contribution >= 0.6 is 0 Å². The minimum absolute atomic E-state index is 0.0511. The molecule has 0 saturated carbocycles. The fourth-order valence-electron chi connectivity index (χ4n) is 3.18. The van der Waals surface area contributed by atoms with Gasteiger partial charge in [-0.2, -0.15) is 0 Å². The molecule has 0 aliphatic heterocycles. The number of carbonyl (C=O) groups is 1. The van der Waals surface area contributed by atoms with Gasteiger partial charge in [-0.15, -0.1) is 0 Å². The number of anilines is 2. The zero-order chi connectivity index (χ0) is 23.3. The Morgan fingerprint density at radius 2 is 1.62 bits per heavy atom. The molecular formula is C24H26N2O5S. The molecule has 0 spiro atoms. The average Bonchev–Trinajstić information content (AvgIpc) is 2.77. The van der Waals surface area contributed by atoms with Gasteiger partial charge in [0.1, 0.15) is 10.6 Å². The van der Waals surface area contributed by atoms with Gasteiger partial charge in [0.25, 0.3) is 0 Å². The van der Waals surface area contributed by atoms with Crippen LogP contribution in [0.1, 0.15) is 11.1 Å². The van der Waals surface area contributed by atoms with Crippen molar-refractivity contribution in [3.63, 3.8) is 0 Å². The summed E-state index contributed by atoms with van der Waals surface area (Å²) >= 11 is 0. The summed E-state index contributed by atoms with van der Waals surface area (Å²) in [7, 11) is -1.07. The zero-order valence-corrected chi connectivity index (χ0v) is 19.2. The highest BCUT2D eigenvalue weighted by atomic mass is 32.2. The Kier molecular flexibility index (Phi) is 7.05. The summed E-state index contributed by atoms with van der Waals surface area (Å²) in [6, 6.07) is 17.0. The number of nitrogens with one attached hydrogen (secondary N) is 2. The van der Waals surface area contributed by atoms with Crippen LogP contribution in [0.3, 0.4) is 0 Å². The number of hydrogen-bond donors (Lipinski definition) is 2. The Morgan fingerprint density at radius 3 is 2.25 bits per heavy atom. The normalized spacial score (nSPS) is 11.0. The highest BCUT2D eigenvalue weighted by Gasteiger charge is 2.26. The third-order valence-electron chi connectivity index (χ3n) is 4.83. The lowest BCUT2D eigenvalue weighted by molar-refractivity contribution is -0.114. The van der Waals surface area contributed by atoms with Crippen LogP contribution in [0.5, 0.6) is 11.5 Å². The summed E-state index contributed by atoms with van der Waals surface area (Å²) in [5, 5.41) is 5.77. The van der Waals surface area contributed by atoms with E-state index in [0.717, 1.165) is 11.1 Å². The number of benzene rings is 3. The molecule has 3 aromatic rings. The molecule has 7 nitrogen and oxygen atoms in total. The first-order chi connectivity index (χ1) is 15.2. The van der Waals surface area contributed by atoms with Crippen LogP contribution in [0.2, 0.25) is 0 Å². The van der Waals surface area contributed by atoms with Gasteiger partial charge in [-0.05, 0) is 43.7 Å². The molecule has 8 heteroatoms. The highest BCUT2D eigenvalue weighted by Crippen LogP contribution is 2.39. The largest absolute Gasteiger partial charge is 0.497 e. The van der Waals surface area contributed by atoms with Crippen LogP contribution in [0, 0.1) is 13.8 Å². The molecule has 32 heavy (non-hydrogen) atoms. The SMILES string of the molecule is COc1cc(NCC(=O)Nc2cccc(C)c2)c(OC)c(S(=O)(=O)c2ccc(C)cc2)c1. The number of aryl methyl sites for hydroxylation is 2. The van der Waals surface area contributed by atoms with E-state index in [1.54, 1.807) is 36.4 Å². The molecule has 0 aliphatic carbocycles. The number of hydrogen-bond acceptors (Lipinski definition) is 6. The molecule has 168 valence electrons. The second-order valence-corrected chi connectivity index (χ2v) is 9.21. The molecule has 0 bridgehead atoms. The van der Waals surface area contributed by atoms with Crippen molar-refractivity contribution in [1.29, 1.82) is 0 Å². The maximum absolute atomic E-state index is 13.3. The molecule has 0 fully saturated rings. The molecule has 0 radical (unpaired) electrons. The van der Waals surface area contributed by atoms with E-state index in [2.05, 4.69) is 10.6 Å². The van der Waals surface area contributed by atoms with Gasteiger partial charge in [0.2, 0.25) is 15.7 Å². The van der Waals surface area contributed by atoms with E-state index in [9.17, 15) is 13.2 Å². The van der Waals surface area contributed by atoms with Gasteiger partial charge >= 0.3 is 0 Å². The topological polar surface area (TPSA) is 93.7 Å². The highest BCUT2D eigenvalue weighted by molar-refractivity contribution is 7.91. The second kappa shape index (κ2) is 9.74. The van der Waals surface area contributed by atoms with E-state index in [4.69, 9.17) is 9.47 Å². The molecule has 0 heterocycles. The average molecular weight is 455 g/mol. The maximum Gasteiger partial charge on any atom is 0.243 e. The Hall–Kier alpha value is -3.52. The first kappa shape index (κ1) is 23.1. The van der Waals surface area contributed by atoms with Gasteiger partial charge in [-0.1, -0.05) is 29.8 Å². The van der Waals surface area contributed by atoms with Crippen molar-refractivity contribution in [3.05, 3.63) is 71.8 Å². The first-order valence-electron chi connectivity index (χ1n) is 9.92. The van der Waals surface area contributed by atoms with Crippen molar-refractivity contribution in [1.82, 2.24) is 0 Å². The number of ether oxygens (including phenoxy) is 2. The lowest BCUT2D eigenvalue weighted by Crippen LogP contribution is -2.22. The minimum Gasteiger partial charge on any atom is -0.497 e. The summed E-state index contributed by atoms with van der Waals surface area (Å²) in [6.45, 7) is 3.72. The summed E-state index contributed by atoms with van der Waals surface area (Å²) in [6.07, 6.45) is 0. The van der Waals surface area contributed by atoms with Gasteiger partial charge < -0.3 is 20.1 Å². The van der Waals surface area contributed by atoms with Crippen molar-refractivity contribution >= 4 is 27.1 Å². The van der Waals surface area contributed by atoms with Gasteiger partial charge in [0.15, 0.2) is 5.75 Å². The summed E-state index contributed by atoms with van der Waals surface area (Å²) < 4.78 is 37.4. The molecule has 0 atom stereocenters. The quantitative estimate of drug-likeness (QED) is 0.530. The van der Waals surface area contributed by atoms with Crippen molar-refractivity contribution in [2.45, 2.75) is 23.6 Å². The molecule has 0 unspecified atom stereocenters. The zero-order valence-electron chi connectivity index (χ0n) is 18.4. The third kappa shape index (κ3) is 5.20. The predicted molar refractivity (Wildman–Crippen MR) is 124 cm³/mol. The van der Waals surface area contributed by atoms with Gasteiger partial charge in [0.05, 0.1) is 31.3 Å². The van der Waals surface area contributed by atoms with Crippen LogP contribution in [0.4, 0.5) is 11.4 Å². The van der Waals surface area contributed by atoms with Gasteiger partial charge in [0, 0.05) is 17.8 Å². The molecule has 3 aromatic carbocycles. The Balaban J connectivity index is 1.91. The fourth-order valence-corrected chi connectivity index (χ4v) is 4.64. The first-order valence-corrected chi connectivity index (χ1v) is 11.4.